The molecular formula is C93H91BN4OS. The lowest BCUT2D eigenvalue weighted by Crippen LogP contribution is -2.60. The van der Waals surface area contributed by atoms with Gasteiger partial charge in [-0.3, -0.25) is 0 Å². The van der Waals surface area contributed by atoms with Gasteiger partial charge in [0.15, 0.2) is 5.58 Å². The number of fused-ring (bicyclic) bond motifs is 14. The Bertz CT molecular complexity index is 5290. The van der Waals surface area contributed by atoms with E-state index in [9.17, 15) is 0 Å². The summed E-state index contributed by atoms with van der Waals surface area (Å²) >= 11 is 1.96. The number of thiophene rings is 1. The highest BCUT2D eigenvalue weighted by molar-refractivity contribution is 7.33. The van der Waals surface area contributed by atoms with Crippen molar-refractivity contribution in [1.82, 2.24) is 0 Å². The summed E-state index contributed by atoms with van der Waals surface area (Å²) in [5.41, 5.74) is 29.5. The standard InChI is InChI=1S/C93H91BN4OS/c1-88(2,3)58-32-41-63(42-33-58)95(64-43-34-59(35-44-64)89(4,5)6)67-49-50-75-78(55-67)97(76-29-23-28-74-83(76)71-25-16-18-27-73(71)93(74)52-20-21-53-93)79-56-68(96(65-45-36-60(37-46-65)90(7,8)9)66-47-38-61(39-48-66)91(10,11)12)57-80-84(79)94(75)87-85(72-54-62(92(13,14)15)40-51-82(72)100-87)98(80)77-30-22-26-70-69-24-17-19-31-81(69)99-86(70)77/h16-19,22-51,54-57H,20-21,52-53H2,1-15H3. The topological polar surface area (TPSA) is 26.1 Å². The first-order valence-corrected chi connectivity index (χ1v) is 37.2. The van der Waals surface area contributed by atoms with Gasteiger partial charge < -0.3 is 24.0 Å². The molecule has 5 nitrogen and oxygen atoms in total. The van der Waals surface area contributed by atoms with Crippen molar-refractivity contribution >= 4 is 134 Å². The van der Waals surface area contributed by atoms with Gasteiger partial charge in [-0.2, -0.15) is 0 Å². The van der Waals surface area contributed by atoms with Gasteiger partial charge >= 0.3 is 0 Å². The number of furan rings is 1. The van der Waals surface area contributed by atoms with Gasteiger partial charge in [-0.25, -0.2) is 0 Å². The zero-order chi connectivity index (χ0) is 69.3. The van der Waals surface area contributed by atoms with Gasteiger partial charge in [0.1, 0.15) is 5.58 Å². The maximum absolute atomic E-state index is 7.29. The molecule has 4 aliphatic rings. The second-order valence-corrected chi connectivity index (χ2v) is 35.2. The van der Waals surface area contributed by atoms with Crippen LogP contribution in [0, 0.1) is 0 Å². The molecule has 11 aromatic carbocycles. The number of anilines is 12. The third-order valence-electron chi connectivity index (χ3n) is 22.6. The summed E-state index contributed by atoms with van der Waals surface area (Å²) in [5.74, 6) is 0. The van der Waals surface area contributed by atoms with Crippen LogP contribution in [0.2, 0.25) is 0 Å². The molecule has 0 N–H and O–H groups in total. The van der Waals surface area contributed by atoms with E-state index in [4.69, 9.17) is 4.42 Å². The van der Waals surface area contributed by atoms with Crippen molar-refractivity contribution in [3.8, 4) is 11.1 Å². The predicted molar refractivity (Wildman–Crippen MR) is 431 cm³/mol. The number of benzene rings is 11. The molecule has 17 rings (SSSR count). The van der Waals surface area contributed by atoms with Crippen LogP contribution >= 0.6 is 11.3 Å². The van der Waals surface area contributed by atoms with Crippen LogP contribution in [0.1, 0.15) is 168 Å². The van der Waals surface area contributed by atoms with Crippen molar-refractivity contribution in [2.75, 3.05) is 19.6 Å². The minimum Gasteiger partial charge on any atom is -0.454 e. The summed E-state index contributed by atoms with van der Waals surface area (Å²) in [4.78, 5) is 10.4. The maximum atomic E-state index is 7.29. The van der Waals surface area contributed by atoms with Crippen LogP contribution in [0.4, 0.5) is 68.2 Å². The SMILES string of the molecule is CC(C)(C)c1ccc(N(c2ccc(C(C)(C)C)cc2)c2ccc3c(c2)N(c2cccc4c2-c2ccccc2C42CCCC2)c2cc(N(c4ccc(C(C)(C)C)cc4)c4ccc(C(C)(C)C)cc4)cc4c2B3c2sc3ccc(C(C)(C)C)cc3c2N4c2cccc3c2oc2ccccc23)cc1. The van der Waals surface area contributed by atoms with E-state index in [1.54, 1.807) is 0 Å². The number of para-hydroxylation sites is 2. The molecule has 100 heavy (non-hydrogen) atoms. The van der Waals surface area contributed by atoms with Gasteiger partial charge in [-0.05, 0) is 198 Å². The summed E-state index contributed by atoms with van der Waals surface area (Å²) in [6.07, 6.45) is 4.69. The monoisotopic (exact) mass is 1320 g/mol. The maximum Gasteiger partial charge on any atom is 0.264 e. The average Bonchev–Trinajstić information content (AvgIpc) is 1.38. The van der Waals surface area contributed by atoms with Crippen LogP contribution in [0.3, 0.4) is 0 Å². The van der Waals surface area contributed by atoms with Gasteiger partial charge in [-0.1, -0.05) is 244 Å². The zero-order valence-electron chi connectivity index (χ0n) is 61.0. The van der Waals surface area contributed by atoms with E-state index in [0.29, 0.717) is 0 Å². The molecule has 4 heterocycles. The molecule has 0 amide bonds. The lowest BCUT2D eigenvalue weighted by Gasteiger charge is -2.45. The van der Waals surface area contributed by atoms with Crippen molar-refractivity contribution in [2.45, 2.75) is 162 Å². The minimum absolute atomic E-state index is 0.0178. The molecule has 498 valence electrons. The van der Waals surface area contributed by atoms with Crippen LogP contribution in [0.5, 0.6) is 0 Å². The van der Waals surface area contributed by atoms with E-state index in [0.717, 1.165) is 86.0 Å². The Hall–Kier alpha value is -9.56. The Morgan fingerprint density at radius 3 is 1.41 bits per heavy atom. The van der Waals surface area contributed by atoms with E-state index in [1.807, 2.05) is 11.3 Å². The van der Waals surface area contributed by atoms with Gasteiger partial charge in [0.25, 0.3) is 6.71 Å². The lowest BCUT2D eigenvalue weighted by molar-refractivity contribution is 0.550. The van der Waals surface area contributed by atoms with E-state index < -0.39 is 0 Å². The molecule has 0 atom stereocenters. The minimum atomic E-state index is -0.183. The zero-order valence-corrected chi connectivity index (χ0v) is 61.8. The molecule has 1 saturated carbocycles. The molecule has 2 aromatic heterocycles. The average molecular weight is 1320 g/mol. The number of rotatable bonds is 8. The summed E-state index contributed by atoms with van der Waals surface area (Å²) in [7, 11) is 0. The quantitative estimate of drug-likeness (QED) is 0.141. The molecule has 13 aromatic rings. The van der Waals surface area contributed by atoms with E-state index in [-0.39, 0.29) is 39.2 Å². The summed E-state index contributed by atoms with van der Waals surface area (Å²) < 4.78 is 9.87. The predicted octanol–water partition coefficient (Wildman–Crippen LogP) is 25.2. The normalized spacial score (nSPS) is 14.8. The summed E-state index contributed by atoms with van der Waals surface area (Å²) in [5, 5.41) is 3.45. The van der Waals surface area contributed by atoms with Crippen LogP contribution in [0.25, 0.3) is 43.2 Å². The Morgan fingerprint density at radius 1 is 0.380 bits per heavy atom. The molecule has 1 fully saturated rings. The van der Waals surface area contributed by atoms with E-state index in [1.165, 1.54) is 106 Å². The third kappa shape index (κ3) is 10.2. The van der Waals surface area contributed by atoms with Crippen molar-refractivity contribution < 1.29 is 4.42 Å². The first-order chi connectivity index (χ1) is 47.7. The van der Waals surface area contributed by atoms with Crippen LogP contribution < -0.4 is 35.3 Å². The highest BCUT2D eigenvalue weighted by atomic mass is 32.1. The van der Waals surface area contributed by atoms with Crippen molar-refractivity contribution in [1.29, 1.82) is 0 Å². The smallest absolute Gasteiger partial charge is 0.264 e. The fraction of sp³-hybridized carbons (Fsp3) is 0.269. The lowest BCUT2D eigenvalue weighted by atomic mass is 9.36. The van der Waals surface area contributed by atoms with Crippen LogP contribution in [0.15, 0.2) is 235 Å². The van der Waals surface area contributed by atoms with Gasteiger partial charge in [0, 0.05) is 82.1 Å². The number of hydrogen-bond acceptors (Lipinski definition) is 6. The third-order valence-corrected chi connectivity index (χ3v) is 23.8. The molecule has 0 unspecified atom stereocenters. The highest BCUT2D eigenvalue weighted by Crippen LogP contribution is 2.62. The van der Waals surface area contributed by atoms with Crippen molar-refractivity contribution in [2.24, 2.45) is 0 Å². The van der Waals surface area contributed by atoms with Gasteiger partial charge in [0.2, 0.25) is 0 Å². The number of nitrogens with zero attached hydrogens (tertiary/aromatic N) is 4. The fourth-order valence-electron chi connectivity index (χ4n) is 17.1. The Labute approximate surface area is 596 Å². The molecular weight excluding hydrogens is 1230 g/mol. The van der Waals surface area contributed by atoms with Gasteiger partial charge in [0.05, 0.1) is 22.7 Å². The molecule has 0 radical (unpaired) electrons. The fourth-order valence-corrected chi connectivity index (χ4v) is 18.4. The first kappa shape index (κ1) is 63.9. The molecule has 0 saturated heterocycles. The summed E-state index contributed by atoms with van der Waals surface area (Å²) in [6, 6.07) is 89.7. The summed E-state index contributed by atoms with van der Waals surface area (Å²) in [6.45, 7) is 34.6. The van der Waals surface area contributed by atoms with Crippen LogP contribution in [-0.2, 0) is 32.5 Å². The molecule has 0 bridgehead atoms. The van der Waals surface area contributed by atoms with Crippen LogP contribution in [-0.4, -0.2) is 6.71 Å². The molecule has 7 heteroatoms. The number of hydrogen-bond donors (Lipinski definition) is 0. The molecule has 1 spiro atoms. The first-order valence-electron chi connectivity index (χ1n) is 36.4. The highest BCUT2D eigenvalue weighted by Gasteiger charge is 2.50. The Morgan fingerprint density at radius 2 is 0.840 bits per heavy atom. The Kier molecular flexibility index (Phi) is 14.5. The second-order valence-electron chi connectivity index (χ2n) is 34.2. The second kappa shape index (κ2) is 22.7. The van der Waals surface area contributed by atoms with Crippen molar-refractivity contribution in [3.63, 3.8) is 0 Å². The molecule has 2 aliphatic heterocycles. The van der Waals surface area contributed by atoms with Gasteiger partial charge in [-0.15, -0.1) is 11.3 Å². The van der Waals surface area contributed by atoms with Crippen molar-refractivity contribution in [3.05, 3.63) is 269 Å². The van der Waals surface area contributed by atoms with E-state index in [2.05, 4.69) is 354 Å². The largest absolute Gasteiger partial charge is 0.454 e. The van der Waals surface area contributed by atoms with E-state index >= 15 is 0 Å². The Balaban J connectivity index is 1.03. The molecule has 2 aliphatic carbocycles.